The molecule has 0 radical (unpaired) electrons. The minimum absolute atomic E-state index is 0.0186. The molecule has 168 valence electrons. The molecule has 0 aliphatic heterocycles. The zero-order valence-electron chi connectivity index (χ0n) is 16.2. The van der Waals surface area contributed by atoms with Crippen LogP contribution in [0.15, 0.2) is 48.5 Å². The number of carbonyl (C=O) groups is 4. The van der Waals surface area contributed by atoms with E-state index in [9.17, 15) is 19.2 Å². The third kappa shape index (κ3) is 11.7. The molecule has 2 aromatic rings. The lowest BCUT2D eigenvalue weighted by Crippen LogP contribution is -2.03. The molecule has 11 nitrogen and oxygen atoms in total. The molecule has 0 aliphatic carbocycles. The van der Waals surface area contributed by atoms with E-state index in [1.165, 1.54) is 36.4 Å². The smallest absolute Gasteiger partial charge is 0.335 e. The van der Waals surface area contributed by atoms with Crippen molar-refractivity contribution in [2.45, 2.75) is 0 Å². The average molecular weight is 438 g/mol. The van der Waals surface area contributed by atoms with Crippen molar-refractivity contribution < 1.29 is 54.6 Å². The first kappa shape index (κ1) is 27.2. The van der Waals surface area contributed by atoms with Crippen LogP contribution in [0, 0.1) is 0 Å². The molecule has 0 saturated carbocycles. The van der Waals surface area contributed by atoms with Gasteiger partial charge in [-0.1, -0.05) is 12.1 Å². The fourth-order valence-corrected chi connectivity index (χ4v) is 1.80. The van der Waals surface area contributed by atoms with Crippen LogP contribution in [0.1, 0.15) is 41.4 Å². The van der Waals surface area contributed by atoms with Gasteiger partial charge in [-0.2, -0.15) is 0 Å². The van der Waals surface area contributed by atoms with E-state index in [1.54, 1.807) is 0 Å². The summed E-state index contributed by atoms with van der Waals surface area (Å²) in [6, 6.07) is 10.4. The largest absolute Gasteiger partial charge is 0.478 e. The maximum atomic E-state index is 10.4. The van der Waals surface area contributed by atoms with Crippen molar-refractivity contribution in [3.05, 3.63) is 70.8 Å². The summed E-state index contributed by atoms with van der Waals surface area (Å²) in [5.74, 6) is -4.51. The van der Waals surface area contributed by atoms with Crippen molar-refractivity contribution >= 4 is 23.9 Å². The van der Waals surface area contributed by atoms with Crippen molar-refractivity contribution in [3.8, 4) is 0 Å². The van der Waals surface area contributed by atoms with E-state index in [-0.39, 0.29) is 35.5 Å². The number of aliphatic hydroxyl groups is 2. The van der Waals surface area contributed by atoms with Crippen molar-refractivity contribution in [2.75, 3.05) is 26.4 Å². The SMILES string of the molecule is O=C(O)c1cccc(C(=O)O)c1.O=C(O)c1cccc(C(=O)O)c1.OCCOCCO. The molecule has 0 bridgehead atoms. The predicted molar refractivity (Wildman–Crippen MR) is 106 cm³/mol. The molecular formula is C20H22O11. The molecule has 0 heterocycles. The summed E-state index contributed by atoms with van der Waals surface area (Å²) < 4.78 is 4.63. The Morgan fingerprint density at radius 1 is 0.581 bits per heavy atom. The standard InChI is InChI=1S/2C8H6O4.C4H10O3/c2*9-7(10)5-2-1-3-6(4-5)8(11)12;5-1-3-7-4-2-6/h2*1-4H,(H,9,10)(H,11,12);5-6H,1-4H2. The Morgan fingerprint density at radius 2 is 0.839 bits per heavy atom. The second-order valence-corrected chi connectivity index (χ2v) is 5.44. The van der Waals surface area contributed by atoms with Crippen LogP contribution in [0.4, 0.5) is 0 Å². The Morgan fingerprint density at radius 3 is 1.03 bits per heavy atom. The zero-order chi connectivity index (χ0) is 23.8. The monoisotopic (exact) mass is 438 g/mol. The molecule has 0 aromatic heterocycles. The van der Waals surface area contributed by atoms with E-state index >= 15 is 0 Å². The quantitative estimate of drug-likeness (QED) is 0.323. The van der Waals surface area contributed by atoms with Gasteiger partial charge >= 0.3 is 23.9 Å². The molecule has 0 spiro atoms. The highest BCUT2D eigenvalue weighted by Gasteiger charge is 2.07. The lowest BCUT2D eigenvalue weighted by atomic mass is 10.1. The lowest BCUT2D eigenvalue weighted by Gasteiger charge is -1.95. The Bertz CT molecular complexity index is 747. The first-order valence-corrected chi connectivity index (χ1v) is 8.56. The minimum atomic E-state index is -1.13. The molecule has 0 aliphatic rings. The highest BCUT2D eigenvalue weighted by Crippen LogP contribution is 2.05. The molecule has 31 heavy (non-hydrogen) atoms. The van der Waals surface area contributed by atoms with Crippen LogP contribution in [0.2, 0.25) is 0 Å². The number of hydrogen-bond donors (Lipinski definition) is 6. The third-order valence-electron chi connectivity index (χ3n) is 3.18. The Kier molecular flexibility index (Phi) is 13.2. The maximum absolute atomic E-state index is 10.4. The topological polar surface area (TPSA) is 199 Å². The molecule has 11 heteroatoms. The number of ether oxygens (including phenoxy) is 1. The van der Waals surface area contributed by atoms with E-state index in [1.807, 2.05) is 0 Å². The van der Waals surface area contributed by atoms with Crippen LogP contribution in [0.25, 0.3) is 0 Å². The van der Waals surface area contributed by atoms with Crippen LogP contribution in [0.3, 0.4) is 0 Å². The lowest BCUT2D eigenvalue weighted by molar-refractivity contribution is 0.0650. The number of carboxylic acids is 4. The van der Waals surface area contributed by atoms with Crippen molar-refractivity contribution in [2.24, 2.45) is 0 Å². The molecular weight excluding hydrogens is 416 g/mol. The molecule has 2 rings (SSSR count). The molecule has 6 N–H and O–H groups in total. The third-order valence-corrected chi connectivity index (χ3v) is 3.18. The highest BCUT2D eigenvalue weighted by atomic mass is 16.5. The van der Waals surface area contributed by atoms with Crippen LogP contribution in [-0.4, -0.2) is 80.9 Å². The minimum Gasteiger partial charge on any atom is -0.478 e. The number of aromatic carboxylic acids is 4. The molecule has 0 amide bonds. The van der Waals surface area contributed by atoms with Gasteiger partial charge in [0.15, 0.2) is 0 Å². The number of rotatable bonds is 8. The van der Waals surface area contributed by atoms with Gasteiger partial charge in [-0.15, -0.1) is 0 Å². The summed E-state index contributed by atoms with van der Waals surface area (Å²) in [7, 11) is 0. The van der Waals surface area contributed by atoms with Crippen LogP contribution < -0.4 is 0 Å². The summed E-state index contributed by atoms with van der Waals surface area (Å²) in [6.07, 6.45) is 0. The van der Waals surface area contributed by atoms with Crippen molar-refractivity contribution in [1.82, 2.24) is 0 Å². The normalized spacial score (nSPS) is 9.35. The van der Waals surface area contributed by atoms with Crippen molar-refractivity contribution in [1.29, 1.82) is 0 Å². The summed E-state index contributed by atoms with van der Waals surface area (Å²) in [5, 5.41) is 50.2. The molecule has 0 saturated heterocycles. The number of hydrogen-bond acceptors (Lipinski definition) is 7. The van der Waals surface area contributed by atoms with Gasteiger partial charge in [-0.25, -0.2) is 19.2 Å². The molecule has 0 unspecified atom stereocenters. The fourth-order valence-electron chi connectivity index (χ4n) is 1.80. The molecule has 2 aromatic carbocycles. The first-order chi connectivity index (χ1) is 14.6. The first-order valence-electron chi connectivity index (χ1n) is 8.56. The van der Waals surface area contributed by atoms with Crippen LogP contribution in [0.5, 0.6) is 0 Å². The van der Waals surface area contributed by atoms with E-state index in [2.05, 4.69) is 4.74 Å². The zero-order valence-corrected chi connectivity index (χ0v) is 16.2. The number of carboxylic acid groups (broad SMARTS) is 4. The van der Waals surface area contributed by atoms with E-state index in [4.69, 9.17) is 30.6 Å². The van der Waals surface area contributed by atoms with Gasteiger partial charge in [0.2, 0.25) is 0 Å². The fraction of sp³-hybridized carbons (Fsp3) is 0.200. The van der Waals surface area contributed by atoms with Gasteiger partial charge in [0.25, 0.3) is 0 Å². The summed E-state index contributed by atoms with van der Waals surface area (Å²) in [4.78, 5) is 41.5. The second-order valence-electron chi connectivity index (χ2n) is 5.44. The Balaban J connectivity index is 0.000000454. The summed E-state index contributed by atoms with van der Waals surface area (Å²) in [5.41, 5.74) is -0.0744. The number of benzene rings is 2. The molecule has 0 atom stereocenters. The second kappa shape index (κ2) is 15.1. The van der Waals surface area contributed by atoms with Gasteiger partial charge in [0, 0.05) is 0 Å². The van der Waals surface area contributed by atoms with E-state index < -0.39 is 23.9 Å². The molecule has 0 fully saturated rings. The number of aliphatic hydroxyl groups excluding tert-OH is 2. The Hall–Kier alpha value is -3.80. The van der Waals surface area contributed by atoms with Crippen LogP contribution >= 0.6 is 0 Å². The van der Waals surface area contributed by atoms with Gasteiger partial charge in [0.05, 0.1) is 48.7 Å². The predicted octanol–water partition coefficient (Wildman–Crippen LogP) is 1.15. The Labute approximate surface area is 176 Å². The van der Waals surface area contributed by atoms with Gasteiger partial charge in [-0.05, 0) is 36.4 Å². The summed E-state index contributed by atoms with van der Waals surface area (Å²) >= 11 is 0. The van der Waals surface area contributed by atoms with E-state index in [0.29, 0.717) is 13.2 Å². The van der Waals surface area contributed by atoms with Gasteiger partial charge < -0.3 is 35.4 Å². The van der Waals surface area contributed by atoms with Crippen molar-refractivity contribution in [3.63, 3.8) is 0 Å². The van der Waals surface area contributed by atoms with Crippen LogP contribution in [-0.2, 0) is 4.74 Å². The maximum Gasteiger partial charge on any atom is 0.335 e. The summed E-state index contributed by atoms with van der Waals surface area (Å²) in [6.45, 7) is 0.696. The van der Waals surface area contributed by atoms with Gasteiger partial charge in [-0.3, -0.25) is 0 Å². The van der Waals surface area contributed by atoms with Gasteiger partial charge in [0.1, 0.15) is 0 Å². The highest BCUT2D eigenvalue weighted by molar-refractivity contribution is 5.94. The average Bonchev–Trinajstić information content (AvgIpc) is 2.75. The van der Waals surface area contributed by atoms with E-state index in [0.717, 1.165) is 12.1 Å².